The van der Waals surface area contributed by atoms with Crippen molar-refractivity contribution in [2.24, 2.45) is 0 Å². The van der Waals surface area contributed by atoms with Gasteiger partial charge >= 0.3 is 0 Å². The van der Waals surface area contributed by atoms with Crippen molar-refractivity contribution in [3.63, 3.8) is 0 Å². The number of rotatable bonds is 2. The lowest BCUT2D eigenvalue weighted by molar-refractivity contribution is 0.560. The van der Waals surface area contributed by atoms with Crippen molar-refractivity contribution in [2.45, 2.75) is 13.0 Å². The van der Waals surface area contributed by atoms with E-state index in [-0.39, 0.29) is 6.04 Å². The zero-order chi connectivity index (χ0) is 14.3. The monoisotopic (exact) mass is 369 g/mol. The standard InChI is InChI=1S/C14H10BrCl2N3/c1-8(11-4-3-10(16)7-12(11)17)20-14-6-9(15)2-5-13(14)18-19-20/h2-8H,1H3/t8-/m1/s1. The number of benzene rings is 2. The minimum atomic E-state index is -0.0286. The molecule has 1 heterocycles. The van der Waals surface area contributed by atoms with Crippen LogP contribution in [0.2, 0.25) is 10.0 Å². The molecule has 0 aliphatic heterocycles. The Balaban J connectivity index is 2.12. The van der Waals surface area contributed by atoms with Gasteiger partial charge in [-0.15, -0.1) is 5.10 Å². The van der Waals surface area contributed by atoms with Crippen molar-refractivity contribution in [3.8, 4) is 0 Å². The zero-order valence-electron chi connectivity index (χ0n) is 10.5. The van der Waals surface area contributed by atoms with Crippen LogP contribution in [0.15, 0.2) is 40.9 Å². The Labute approximate surface area is 134 Å². The minimum Gasteiger partial charge on any atom is -0.237 e. The van der Waals surface area contributed by atoms with Gasteiger partial charge in [-0.3, -0.25) is 0 Å². The Morgan fingerprint density at radius 2 is 1.95 bits per heavy atom. The molecule has 3 aromatic rings. The second-order valence-corrected chi connectivity index (χ2v) is 6.27. The molecule has 0 bridgehead atoms. The summed E-state index contributed by atoms with van der Waals surface area (Å²) in [7, 11) is 0. The highest BCUT2D eigenvalue weighted by atomic mass is 79.9. The molecule has 0 unspecified atom stereocenters. The third kappa shape index (κ3) is 2.43. The van der Waals surface area contributed by atoms with Gasteiger partial charge in [0, 0.05) is 14.5 Å². The molecule has 20 heavy (non-hydrogen) atoms. The summed E-state index contributed by atoms with van der Waals surface area (Å²) in [6, 6.07) is 11.3. The van der Waals surface area contributed by atoms with E-state index in [1.807, 2.05) is 41.9 Å². The number of fused-ring (bicyclic) bond motifs is 1. The van der Waals surface area contributed by atoms with Crippen LogP contribution in [0.4, 0.5) is 0 Å². The van der Waals surface area contributed by atoms with Crippen LogP contribution in [-0.4, -0.2) is 15.0 Å². The third-order valence-corrected chi connectivity index (χ3v) is 4.27. The Bertz CT molecular complexity index is 785. The molecule has 3 rings (SSSR count). The summed E-state index contributed by atoms with van der Waals surface area (Å²) in [5, 5.41) is 9.66. The van der Waals surface area contributed by atoms with Gasteiger partial charge in [0.05, 0.1) is 11.6 Å². The van der Waals surface area contributed by atoms with Crippen molar-refractivity contribution < 1.29 is 0 Å². The molecule has 0 fully saturated rings. The number of hydrogen-bond donors (Lipinski definition) is 0. The van der Waals surface area contributed by atoms with Crippen LogP contribution >= 0.6 is 39.1 Å². The maximum Gasteiger partial charge on any atom is 0.113 e. The molecule has 0 amide bonds. The van der Waals surface area contributed by atoms with Crippen molar-refractivity contribution in [2.75, 3.05) is 0 Å². The Morgan fingerprint density at radius 1 is 1.15 bits per heavy atom. The van der Waals surface area contributed by atoms with Crippen LogP contribution in [0.3, 0.4) is 0 Å². The zero-order valence-corrected chi connectivity index (χ0v) is 13.6. The second kappa shape index (κ2) is 5.35. The molecule has 0 aliphatic carbocycles. The van der Waals surface area contributed by atoms with Crippen molar-refractivity contribution in [1.82, 2.24) is 15.0 Å². The summed E-state index contributed by atoms with van der Waals surface area (Å²) in [4.78, 5) is 0. The summed E-state index contributed by atoms with van der Waals surface area (Å²) in [6.07, 6.45) is 0. The second-order valence-electron chi connectivity index (χ2n) is 4.51. The van der Waals surface area contributed by atoms with E-state index in [2.05, 4.69) is 26.2 Å². The summed E-state index contributed by atoms with van der Waals surface area (Å²) in [6.45, 7) is 2.03. The highest BCUT2D eigenvalue weighted by Gasteiger charge is 2.16. The lowest BCUT2D eigenvalue weighted by Gasteiger charge is -2.15. The quantitative estimate of drug-likeness (QED) is 0.627. The van der Waals surface area contributed by atoms with Crippen molar-refractivity contribution in [1.29, 1.82) is 0 Å². The van der Waals surface area contributed by atoms with Crippen LogP contribution in [-0.2, 0) is 0 Å². The number of hydrogen-bond acceptors (Lipinski definition) is 2. The molecule has 2 aromatic carbocycles. The van der Waals surface area contributed by atoms with Gasteiger partial charge in [0.1, 0.15) is 5.52 Å². The largest absolute Gasteiger partial charge is 0.237 e. The van der Waals surface area contributed by atoms with E-state index >= 15 is 0 Å². The van der Waals surface area contributed by atoms with Gasteiger partial charge in [-0.1, -0.05) is 50.4 Å². The first kappa shape index (κ1) is 13.9. The lowest BCUT2D eigenvalue weighted by atomic mass is 10.1. The number of aromatic nitrogens is 3. The SMILES string of the molecule is C[C@H](c1ccc(Cl)cc1Cl)n1nnc2ccc(Br)cc21. The normalized spacial score (nSPS) is 12.8. The fourth-order valence-electron chi connectivity index (χ4n) is 2.17. The summed E-state index contributed by atoms with van der Waals surface area (Å²) in [5.41, 5.74) is 2.77. The van der Waals surface area contributed by atoms with Crippen LogP contribution in [0.25, 0.3) is 11.0 Å². The van der Waals surface area contributed by atoms with Gasteiger partial charge in [0.15, 0.2) is 0 Å². The molecule has 3 nitrogen and oxygen atoms in total. The summed E-state index contributed by atoms with van der Waals surface area (Å²) >= 11 is 15.7. The molecule has 0 saturated carbocycles. The van der Waals surface area contributed by atoms with E-state index in [1.54, 1.807) is 6.07 Å². The molecule has 0 saturated heterocycles. The highest BCUT2D eigenvalue weighted by molar-refractivity contribution is 9.10. The summed E-state index contributed by atoms with van der Waals surface area (Å²) in [5.74, 6) is 0. The Morgan fingerprint density at radius 3 is 2.70 bits per heavy atom. The fraction of sp³-hybridized carbons (Fsp3) is 0.143. The van der Waals surface area contributed by atoms with Gasteiger partial charge < -0.3 is 0 Å². The Hall–Kier alpha value is -1.10. The smallest absolute Gasteiger partial charge is 0.113 e. The molecule has 102 valence electrons. The molecule has 1 atom stereocenters. The predicted molar refractivity (Wildman–Crippen MR) is 85.5 cm³/mol. The molecule has 0 N–H and O–H groups in total. The Kier molecular flexibility index (Phi) is 3.71. The predicted octanol–water partition coefficient (Wildman–Crippen LogP) is 5.11. The van der Waals surface area contributed by atoms with Gasteiger partial charge in [0.2, 0.25) is 0 Å². The van der Waals surface area contributed by atoms with E-state index in [0.717, 1.165) is 21.1 Å². The third-order valence-electron chi connectivity index (χ3n) is 3.21. The summed E-state index contributed by atoms with van der Waals surface area (Å²) < 4.78 is 2.85. The first-order valence-electron chi connectivity index (χ1n) is 6.01. The van der Waals surface area contributed by atoms with Gasteiger partial charge in [-0.05, 0) is 42.8 Å². The fourth-order valence-corrected chi connectivity index (χ4v) is 3.08. The van der Waals surface area contributed by atoms with Crippen LogP contribution < -0.4 is 0 Å². The first-order valence-corrected chi connectivity index (χ1v) is 7.56. The van der Waals surface area contributed by atoms with E-state index in [1.165, 1.54) is 0 Å². The van der Waals surface area contributed by atoms with Crippen LogP contribution in [0.1, 0.15) is 18.5 Å². The van der Waals surface area contributed by atoms with E-state index in [4.69, 9.17) is 23.2 Å². The molecule has 6 heteroatoms. The molecule has 1 aromatic heterocycles. The molecule has 0 aliphatic rings. The molecule has 0 spiro atoms. The van der Waals surface area contributed by atoms with Crippen molar-refractivity contribution in [3.05, 3.63) is 56.5 Å². The van der Waals surface area contributed by atoms with Crippen molar-refractivity contribution >= 4 is 50.2 Å². The van der Waals surface area contributed by atoms with Gasteiger partial charge in [-0.2, -0.15) is 0 Å². The minimum absolute atomic E-state index is 0.0286. The molecule has 0 radical (unpaired) electrons. The highest BCUT2D eigenvalue weighted by Crippen LogP contribution is 2.30. The first-order chi connectivity index (χ1) is 9.56. The number of halogens is 3. The van der Waals surface area contributed by atoms with Crippen LogP contribution in [0.5, 0.6) is 0 Å². The maximum atomic E-state index is 6.27. The van der Waals surface area contributed by atoms with E-state index < -0.39 is 0 Å². The topological polar surface area (TPSA) is 30.7 Å². The number of nitrogens with zero attached hydrogens (tertiary/aromatic N) is 3. The van der Waals surface area contributed by atoms with E-state index in [9.17, 15) is 0 Å². The lowest BCUT2D eigenvalue weighted by Crippen LogP contribution is -2.09. The average Bonchev–Trinajstić information content (AvgIpc) is 2.81. The van der Waals surface area contributed by atoms with Crippen LogP contribution in [0, 0.1) is 0 Å². The maximum absolute atomic E-state index is 6.27. The molecular formula is C14H10BrCl2N3. The van der Waals surface area contributed by atoms with Gasteiger partial charge in [0.25, 0.3) is 0 Å². The van der Waals surface area contributed by atoms with Gasteiger partial charge in [-0.25, -0.2) is 4.68 Å². The molecular weight excluding hydrogens is 361 g/mol. The van der Waals surface area contributed by atoms with E-state index in [0.29, 0.717) is 10.0 Å². The average molecular weight is 371 g/mol.